The first-order valence-corrected chi connectivity index (χ1v) is 10.7. The number of Topliss-reactive ketones (excluding diaryl/α,β-unsaturated/α-hetero) is 2. The van der Waals surface area contributed by atoms with E-state index >= 15 is 0 Å². The van der Waals surface area contributed by atoms with Crippen LogP contribution in [0.2, 0.25) is 0 Å². The van der Waals surface area contributed by atoms with Crippen molar-refractivity contribution in [2.75, 3.05) is 0 Å². The number of allylic oxidation sites excluding steroid dienone is 2. The van der Waals surface area contributed by atoms with E-state index in [2.05, 4.69) is 13.0 Å². The van der Waals surface area contributed by atoms with Crippen molar-refractivity contribution in [3.63, 3.8) is 0 Å². The van der Waals surface area contributed by atoms with E-state index in [9.17, 15) is 19.8 Å². The van der Waals surface area contributed by atoms with Gasteiger partial charge in [-0.15, -0.1) is 0 Å². The molecule has 0 saturated carbocycles. The maximum Gasteiger partial charge on any atom is 0.180 e. The predicted molar refractivity (Wildman–Crippen MR) is 111 cm³/mol. The van der Waals surface area contributed by atoms with Crippen molar-refractivity contribution < 1.29 is 24.5 Å². The minimum absolute atomic E-state index is 0.0219. The Labute approximate surface area is 170 Å². The fourth-order valence-corrected chi connectivity index (χ4v) is 4.53. The molecule has 1 unspecified atom stereocenters. The maximum absolute atomic E-state index is 13.1. The topological polar surface area (TPSA) is 83.8 Å². The van der Waals surface area contributed by atoms with Gasteiger partial charge in [-0.1, -0.05) is 60.1 Å². The molecular formula is C23H40O5. The van der Waals surface area contributed by atoms with Crippen LogP contribution in [0.4, 0.5) is 0 Å². The second kappa shape index (κ2) is 10.1. The van der Waals surface area contributed by atoms with Crippen LogP contribution in [0.3, 0.4) is 0 Å². The third-order valence-electron chi connectivity index (χ3n) is 6.61. The van der Waals surface area contributed by atoms with Crippen LogP contribution in [0.1, 0.15) is 74.7 Å². The zero-order valence-electron chi connectivity index (χ0n) is 18.9. The highest BCUT2D eigenvalue weighted by Crippen LogP contribution is 2.43. The molecule has 28 heavy (non-hydrogen) atoms. The van der Waals surface area contributed by atoms with Gasteiger partial charge < -0.3 is 14.9 Å². The average molecular weight is 397 g/mol. The third kappa shape index (κ3) is 5.11. The molecule has 2 N–H and O–H groups in total. The molecule has 5 nitrogen and oxygen atoms in total. The van der Waals surface area contributed by atoms with Gasteiger partial charge in [0.15, 0.2) is 5.79 Å². The van der Waals surface area contributed by atoms with Gasteiger partial charge in [0.1, 0.15) is 11.6 Å². The predicted octanol–water partition coefficient (Wildman–Crippen LogP) is 3.91. The summed E-state index contributed by atoms with van der Waals surface area (Å²) >= 11 is 0. The first-order chi connectivity index (χ1) is 12.9. The molecule has 1 heterocycles. The summed E-state index contributed by atoms with van der Waals surface area (Å²) in [5.41, 5.74) is 1.15. The summed E-state index contributed by atoms with van der Waals surface area (Å²) in [6.07, 6.45) is 2.53. The van der Waals surface area contributed by atoms with Crippen LogP contribution < -0.4 is 0 Å². The summed E-state index contributed by atoms with van der Waals surface area (Å²) in [6.45, 7) is 14.7. The smallest absolute Gasteiger partial charge is 0.180 e. The Bertz CT molecular complexity index is 584. The van der Waals surface area contributed by atoms with Gasteiger partial charge in [-0.3, -0.25) is 9.59 Å². The Morgan fingerprint density at radius 1 is 1.18 bits per heavy atom. The minimum atomic E-state index is -1.80. The Kier molecular flexibility index (Phi) is 9.04. The van der Waals surface area contributed by atoms with E-state index in [1.165, 1.54) is 0 Å². The fourth-order valence-electron chi connectivity index (χ4n) is 4.53. The number of hydrogen-bond donors (Lipinski definition) is 2. The molecule has 1 saturated heterocycles. The summed E-state index contributed by atoms with van der Waals surface area (Å²) in [7, 11) is 0. The second-order valence-corrected chi connectivity index (χ2v) is 8.77. The minimum Gasteiger partial charge on any atom is -0.392 e. The van der Waals surface area contributed by atoms with E-state index in [0.29, 0.717) is 12.8 Å². The monoisotopic (exact) mass is 396 g/mol. The summed E-state index contributed by atoms with van der Waals surface area (Å²) in [5, 5.41) is 22.2. The quantitative estimate of drug-likeness (QED) is 0.577. The number of ketones is 2. The van der Waals surface area contributed by atoms with Gasteiger partial charge in [-0.25, -0.2) is 0 Å². The Balaban J connectivity index is 3.11. The number of carbonyl (C=O) groups excluding carboxylic acids is 2. The Hall–Kier alpha value is -1.04. The molecule has 1 rings (SSSR count). The van der Waals surface area contributed by atoms with Crippen molar-refractivity contribution >= 4 is 11.6 Å². The molecule has 0 aromatic carbocycles. The van der Waals surface area contributed by atoms with E-state index in [-0.39, 0.29) is 23.4 Å². The van der Waals surface area contributed by atoms with Crippen molar-refractivity contribution in [1.29, 1.82) is 0 Å². The molecule has 0 amide bonds. The van der Waals surface area contributed by atoms with Crippen molar-refractivity contribution in [2.24, 2.45) is 29.6 Å². The van der Waals surface area contributed by atoms with Crippen LogP contribution in [-0.4, -0.2) is 39.8 Å². The number of rotatable bonds is 9. The lowest BCUT2D eigenvalue weighted by molar-refractivity contribution is -0.337. The van der Waals surface area contributed by atoms with E-state index in [0.717, 1.165) is 12.0 Å². The van der Waals surface area contributed by atoms with E-state index in [1.54, 1.807) is 27.7 Å². The summed E-state index contributed by atoms with van der Waals surface area (Å²) < 4.78 is 6.08. The van der Waals surface area contributed by atoms with Crippen molar-refractivity contribution in [2.45, 2.75) is 92.6 Å². The lowest BCUT2D eigenvalue weighted by atomic mass is 9.71. The summed E-state index contributed by atoms with van der Waals surface area (Å²) in [4.78, 5) is 25.3. The standard InChI is InChI=1S/C23H40O5/c1-9-11-13(3)12-14(4)20(25)17(7)23(27)18(8)21(26)16(6)22(28-23)15(5)19(24)10-2/h11,14-18,21-22,26-27H,9-10,12H2,1-8H3/t14-,15-,16+,17-,18+,21+,22?,23-/m1/s1. The third-order valence-corrected chi connectivity index (χ3v) is 6.61. The lowest BCUT2D eigenvalue weighted by Crippen LogP contribution is -2.63. The van der Waals surface area contributed by atoms with Gasteiger partial charge in [0.2, 0.25) is 0 Å². The van der Waals surface area contributed by atoms with Gasteiger partial charge in [-0.05, 0) is 19.8 Å². The normalized spacial score (nSPS) is 34.6. The molecule has 0 bridgehead atoms. The molecule has 1 aliphatic heterocycles. The van der Waals surface area contributed by atoms with Gasteiger partial charge in [0.25, 0.3) is 0 Å². The highest BCUT2D eigenvalue weighted by molar-refractivity contribution is 5.84. The number of aliphatic hydroxyl groups excluding tert-OH is 1. The van der Waals surface area contributed by atoms with E-state index < -0.39 is 35.7 Å². The SMILES string of the molecule is CCC=C(C)C[C@@H](C)C(=O)[C@@H](C)[C@@]1(O)OC([C@H](C)C(=O)CC)[C@@H](C)[C@H](O)[C@@H]1C. The zero-order valence-corrected chi connectivity index (χ0v) is 18.9. The van der Waals surface area contributed by atoms with Crippen LogP contribution in [0.15, 0.2) is 11.6 Å². The van der Waals surface area contributed by atoms with Crippen LogP contribution in [-0.2, 0) is 14.3 Å². The van der Waals surface area contributed by atoms with Crippen LogP contribution in [0.25, 0.3) is 0 Å². The number of aliphatic hydroxyl groups is 2. The first kappa shape index (κ1) is 25.0. The molecule has 0 aliphatic carbocycles. The number of ether oxygens (including phenoxy) is 1. The first-order valence-electron chi connectivity index (χ1n) is 10.7. The molecule has 0 radical (unpaired) electrons. The maximum atomic E-state index is 13.1. The number of carbonyl (C=O) groups is 2. The van der Waals surface area contributed by atoms with E-state index in [1.807, 2.05) is 20.8 Å². The molecule has 162 valence electrons. The molecular weight excluding hydrogens is 356 g/mol. The van der Waals surface area contributed by atoms with Crippen LogP contribution in [0.5, 0.6) is 0 Å². The largest absolute Gasteiger partial charge is 0.392 e. The van der Waals surface area contributed by atoms with Gasteiger partial charge >= 0.3 is 0 Å². The Morgan fingerprint density at radius 3 is 2.25 bits per heavy atom. The molecule has 0 aromatic rings. The van der Waals surface area contributed by atoms with Crippen LogP contribution >= 0.6 is 0 Å². The van der Waals surface area contributed by atoms with Crippen molar-refractivity contribution in [3.8, 4) is 0 Å². The van der Waals surface area contributed by atoms with Crippen molar-refractivity contribution in [3.05, 3.63) is 11.6 Å². The molecule has 5 heteroatoms. The highest BCUT2D eigenvalue weighted by atomic mass is 16.6. The lowest BCUT2D eigenvalue weighted by Gasteiger charge is -2.51. The summed E-state index contributed by atoms with van der Waals surface area (Å²) in [5.74, 6) is -4.34. The molecule has 1 fully saturated rings. The van der Waals surface area contributed by atoms with Gasteiger partial charge in [-0.2, -0.15) is 0 Å². The van der Waals surface area contributed by atoms with Crippen molar-refractivity contribution in [1.82, 2.24) is 0 Å². The second-order valence-electron chi connectivity index (χ2n) is 8.77. The highest BCUT2D eigenvalue weighted by Gasteiger charge is 2.56. The number of hydrogen-bond acceptors (Lipinski definition) is 5. The average Bonchev–Trinajstić information content (AvgIpc) is 2.66. The van der Waals surface area contributed by atoms with E-state index in [4.69, 9.17) is 4.74 Å². The van der Waals surface area contributed by atoms with Crippen LogP contribution in [0, 0.1) is 29.6 Å². The Morgan fingerprint density at radius 2 is 1.75 bits per heavy atom. The molecule has 0 spiro atoms. The summed E-state index contributed by atoms with van der Waals surface area (Å²) in [6, 6.07) is 0. The zero-order chi connectivity index (χ0) is 21.8. The molecule has 8 atom stereocenters. The fraction of sp³-hybridized carbons (Fsp3) is 0.826. The van der Waals surface area contributed by atoms with Gasteiger partial charge in [0, 0.05) is 30.1 Å². The molecule has 0 aromatic heterocycles. The molecule has 1 aliphatic rings. The van der Waals surface area contributed by atoms with Gasteiger partial charge in [0.05, 0.1) is 18.1 Å².